The molecular weight excluding hydrogens is 186 g/mol. The Morgan fingerprint density at radius 1 is 1.43 bits per heavy atom. The molecule has 14 heavy (non-hydrogen) atoms. The van der Waals surface area contributed by atoms with Crippen molar-refractivity contribution in [2.45, 2.75) is 13.2 Å². The Morgan fingerprint density at radius 2 is 2.07 bits per heavy atom. The van der Waals surface area contributed by atoms with Crippen LogP contribution in [0.3, 0.4) is 0 Å². The van der Waals surface area contributed by atoms with E-state index in [1.54, 1.807) is 0 Å². The maximum Gasteiger partial charge on any atom is 0.257 e. The molecular formula is C9H11NO4. The summed E-state index contributed by atoms with van der Waals surface area (Å²) < 4.78 is 0. The van der Waals surface area contributed by atoms with Gasteiger partial charge in [-0.25, -0.2) is 0 Å². The standard InChI is InChI=1S/C9H11NO4/c1-5(11)10-9(14)7-3-2-6(12)4-8(7)13/h2-5,11-13H,1H3,(H,10,14). The molecule has 0 saturated carbocycles. The first kappa shape index (κ1) is 10.3. The van der Waals surface area contributed by atoms with Crippen LogP contribution in [0.25, 0.3) is 0 Å². The molecule has 5 nitrogen and oxygen atoms in total. The number of amides is 1. The molecule has 0 aliphatic rings. The zero-order valence-corrected chi connectivity index (χ0v) is 7.56. The van der Waals surface area contributed by atoms with E-state index in [0.29, 0.717) is 0 Å². The fraction of sp³-hybridized carbons (Fsp3) is 0.222. The van der Waals surface area contributed by atoms with Gasteiger partial charge in [-0.3, -0.25) is 4.79 Å². The summed E-state index contributed by atoms with van der Waals surface area (Å²) in [6.45, 7) is 1.38. The van der Waals surface area contributed by atoms with Crippen LogP contribution in [0.5, 0.6) is 11.5 Å². The third-order valence-electron chi connectivity index (χ3n) is 1.57. The lowest BCUT2D eigenvalue weighted by Gasteiger charge is -2.08. The molecule has 1 unspecified atom stereocenters. The van der Waals surface area contributed by atoms with Gasteiger partial charge in [0.25, 0.3) is 5.91 Å². The van der Waals surface area contributed by atoms with E-state index >= 15 is 0 Å². The number of benzene rings is 1. The average Bonchev–Trinajstić information content (AvgIpc) is 2.01. The van der Waals surface area contributed by atoms with Crippen molar-refractivity contribution in [2.75, 3.05) is 0 Å². The first-order valence-electron chi connectivity index (χ1n) is 4.01. The molecule has 0 bridgehead atoms. The molecule has 0 aromatic heterocycles. The molecule has 0 fully saturated rings. The lowest BCUT2D eigenvalue weighted by atomic mass is 10.2. The van der Waals surface area contributed by atoms with Gasteiger partial charge in [0.05, 0.1) is 5.56 Å². The first-order valence-corrected chi connectivity index (χ1v) is 4.01. The van der Waals surface area contributed by atoms with Crippen molar-refractivity contribution in [1.82, 2.24) is 5.32 Å². The summed E-state index contributed by atoms with van der Waals surface area (Å²) in [5.41, 5.74) is 0.00343. The van der Waals surface area contributed by atoms with Gasteiger partial charge in [0.1, 0.15) is 17.7 Å². The Bertz CT molecular complexity index is 349. The van der Waals surface area contributed by atoms with Gasteiger partial charge in [-0.15, -0.1) is 0 Å². The van der Waals surface area contributed by atoms with Crippen molar-refractivity contribution in [3.8, 4) is 11.5 Å². The fourth-order valence-corrected chi connectivity index (χ4v) is 0.980. The second kappa shape index (κ2) is 3.97. The highest BCUT2D eigenvalue weighted by Crippen LogP contribution is 2.22. The van der Waals surface area contributed by atoms with Gasteiger partial charge in [-0.2, -0.15) is 0 Å². The minimum atomic E-state index is -0.990. The van der Waals surface area contributed by atoms with E-state index in [-0.39, 0.29) is 17.1 Å². The van der Waals surface area contributed by atoms with Gasteiger partial charge >= 0.3 is 0 Å². The molecule has 1 atom stereocenters. The highest BCUT2D eigenvalue weighted by molar-refractivity contribution is 5.97. The number of rotatable bonds is 2. The molecule has 0 saturated heterocycles. The molecule has 5 heteroatoms. The predicted molar refractivity (Wildman–Crippen MR) is 48.9 cm³/mol. The molecule has 1 rings (SSSR count). The number of carbonyl (C=O) groups excluding carboxylic acids is 1. The smallest absolute Gasteiger partial charge is 0.257 e. The maximum absolute atomic E-state index is 11.3. The summed E-state index contributed by atoms with van der Waals surface area (Å²) in [7, 11) is 0. The van der Waals surface area contributed by atoms with Gasteiger partial charge in [0, 0.05) is 6.07 Å². The van der Waals surface area contributed by atoms with Crippen LogP contribution in [0.1, 0.15) is 17.3 Å². The van der Waals surface area contributed by atoms with Crippen LogP contribution >= 0.6 is 0 Å². The molecule has 76 valence electrons. The van der Waals surface area contributed by atoms with Crippen LogP contribution in [-0.4, -0.2) is 27.5 Å². The van der Waals surface area contributed by atoms with Crippen molar-refractivity contribution in [3.05, 3.63) is 23.8 Å². The van der Waals surface area contributed by atoms with Crippen molar-refractivity contribution in [1.29, 1.82) is 0 Å². The molecule has 0 heterocycles. The molecule has 1 aromatic rings. The molecule has 1 aromatic carbocycles. The number of aliphatic hydroxyl groups excluding tert-OH is 1. The lowest BCUT2D eigenvalue weighted by Crippen LogP contribution is -2.32. The summed E-state index contributed by atoms with van der Waals surface area (Å²) in [5, 5.41) is 29.3. The molecule has 0 aliphatic heterocycles. The number of hydrogen-bond donors (Lipinski definition) is 4. The quantitative estimate of drug-likeness (QED) is 0.508. The Morgan fingerprint density at radius 3 is 2.57 bits per heavy atom. The number of nitrogens with one attached hydrogen (secondary N) is 1. The van der Waals surface area contributed by atoms with Crippen molar-refractivity contribution < 1.29 is 20.1 Å². The summed E-state index contributed by atoms with van der Waals surface area (Å²) in [5.74, 6) is -1.06. The van der Waals surface area contributed by atoms with Crippen LogP contribution < -0.4 is 5.32 Å². The molecule has 0 spiro atoms. The van der Waals surface area contributed by atoms with Gasteiger partial charge in [0.15, 0.2) is 0 Å². The SMILES string of the molecule is CC(O)NC(=O)c1ccc(O)cc1O. The summed E-state index contributed by atoms with van der Waals surface area (Å²) in [6.07, 6.45) is -0.990. The van der Waals surface area contributed by atoms with Crippen LogP contribution in [0, 0.1) is 0 Å². The molecule has 0 radical (unpaired) electrons. The maximum atomic E-state index is 11.3. The second-order valence-corrected chi connectivity index (χ2v) is 2.85. The number of hydrogen-bond acceptors (Lipinski definition) is 4. The highest BCUT2D eigenvalue weighted by Gasteiger charge is 2.12. The summed E-state index contributed by atoms with van der Waals surface area (Å²) in [4.78, 5) is 11.3. The van der Waals surface area contributed by atoms with Crippen LogP contribution in [0.2, 0.25) is 0 Å². The molecule has 4 N–H and O–H groups in total. The molecule has 1 amide bonds. The van der Waals surface area contributed by atoms with E-state index in [4.69, 9.17) is 10.2 Å². The lowest BCUT2D eigenvalue weighted by molar-refractivity contribution is 0.0816. The van der Waals surface area contributed by atoms with Crippen LogP contribution in [0.4, 0.5) is 0 Å². The van der Waals surface area contributed by atoms with E-state index < -0.39 is 12.1 Å². The number of carbonyl (C=O) groups is 1. The number of aromatic hydroxyl groups is 2. The second-order valence-electron chi connectivity index (χ2n) is 2.85. The number of aliphatic hydroxyl groups is 1. The highest BCUT2D eigenvalue weighted by atomic mass is 16.3. The van der Waals surface area contributed by atoms with Crippen molar-refractivity contribution in [2.24, 2.45) is 0 Å². The number of phenols is 2. The monoisotopic (exact) mass is 197 g/mol. The average molecular weight is 197 g/mol. The van der Waals surface area contributed by atoms with Crippen LogP contribution in [-0.2, 0) is 0 Å². The Balaban J connectivity index is 2.90. The van der Waals surface area contributed by atoms with Gasteiger partial charge in [-0.05, 0) is 19.1 Å². The van der Waals surface area contributed by atoms with E-state index in [1.165, 1.54) is 19.1 Å². The molecule has 0 aliphatic carbocycles. The number of phenolic OH excluding ortho intramolecular Hbond substituents is 2. The van der Waals surface area contributed by atoms with Gasteiger partial charge < -0.3 is 20.6 Å². The van der Waals surface area contributed by atoms with Crippen molar-refractivity contribution >= 4 is 5.91 Å². The third kappa shape index (κ3) is 2.37. The minimum absolute atomic E-state index is 0.00343. The Kier molecular flexibility index (Phi) is 2.93. The topological polar surface area (TPSA) is 89.8 Å². The van der Waals surface area contributed by atoms with Gasteiger partial charge in [-0.1, -0.05) is 0 Å². The zero-order chi connectivity index (χ0) is 10.7. The minimum Gasteiger partial charge on any atom is -0.508 e. The first-order chi connectivity index (χ1) is 6.50. The largest absolute Gasteiger partial charge is 0.508 e. The fourth-order valence-electron chi connectivity index (χ4n) is 0.980. The zero-order valence-electron chi connectivity index (χ0n) is 7.56. The van der Waals surface area contributed by atoms with E-state index in [1.807, 2.05) is 0 Å². The van der Waals surface area contributed by atoms with E-state index in [2.05, 4.69) is 5.32 Å². The third-order valence-corrected chi connectivity index (χ3v) is 1.57. The Labute approximate surface area is 80.6 Å². The summed E-state index contributed by atoms with van der Waals surface area (Å²) >= 11 is 0. The van der Waals surface area contributed by atoms with Crippen LogP contribution in [0.15, 0.2) is 18.2 Å². The van der Waals surface area contributed by atoms with Crippen molar-refractivity contribution in [3.63, 3.8) is 0 Å². The van der Waals surface area contributed by atoms with E-state index in [9.17, 15) is 9.90 Å². The van der Waals surface area contributed by atoms with E-state index in [0.717, 1.165) is 6.07 Å². The predicted octanol–water partition coefficient (Wildman–Crippen LogP) is 0.166. The normalized spacial score (nSPS) is 12.1. The van der Waals surface area contributed by atoms with Gasteiger partial charge in [0.2, 0.25) is 0 Å². The Hall–Kier alpha value is -1.75. The summed E-state index contributed by atoms with van der Waals surface area (Å²) in [6, 6.07) is 3.59.